The van der Waals surface area contributed by atoms with Gasteiger partial charge in [0.1, 0.15) is 23.3 Å². The minimum Gasteiger partial charge on any atom is -0.206 e. The topological polar surface area (TPSA) is 0 Å². The summed E-state index contributed by atoms with van der Waals surface area (Å²) in [7, 11) is 0. The second-order valence-electron chi connectivity index (χ2n) is 6.77. The molecule has 0 N–H and O–H groups in total. The zero-order valence-corrected chi connectivity index (χ0v) is 15.7. The molecule has 3 rings (SSSR count). The van der Waals surface area contributed by atoms with Crippen LogP contribution in [0.2, 0.25) is 0 Å². The molecule has 3 aromatic carbocycles. The Morgan fingerprint density at radius 3 is 2.13 bits per heavy atom. The Bertz CT molecular complexity index is 1140. The van der Waals surface area contributed by atoms with E-state index < -0.39 is 46.1 Å². The van der Waals surface area contributed by atoms with Crippen LogP contribution in [-0.2, 0) is 6.42 Å². The quantitative estimate of drug-likeness (QED) is 0.304. The van der Waals surface area contributed by atoms with Crippen molar-refractivity contribution >= 4 is 10.8 Å². The lowest BCUT2D eigenvalue weighted by Gasteiger charge is -2.11. The molecule has 30 heavy (non-hydrogen) atoms. The van der Waals surface area contributed by atoms with Crippen molar-refractivity contribution in [1.82, 2.24) is 0 Å². The molecule has 0 heterocycles. The molecule has 0 spiro atoms. The van der Waals surface area contributed by atoms with E-state index in [1.165, 1.54) is 12.0 Å². The van der Waals surface area contributed by atoms with Crippen LogP contribution in [0, 0.1) is 35.1 Å². The second-order valence-corrected chi connectivity index (χ2v) is 6.77. The highest BCUT2D eigenvalue weighted by Crippen LogP contribution is 2.34. The van der Waals surface area contributed by atoms with Gasteiger partial charge in [0.05, 0.1) is 11.1 Å². The first-order valence-electron chi connectivity index (χ1n) is 9.10. The van der Waals surface area contributed by atoms with E-state index in [1.54, 1.807) is 12.1 Å². The average Bonchev–Trinajstić information content (AvgIpc) is 2.64. The molecule has 0 atom stereocenters. The Morgan fingerprint density at radius 1 is 0.867 bits per heavy atom. The first kappa shape index (κ1) is 21.7. The fourth-order valence-electron chi connectivity index (χ4n) is 3.15. The molecule has 0 aromatic heterocycles. The number of fused-ring (bicyclic) bond motifs is 1. The van der Waals surface area contributed by atoms with Crippen LogP contribution < -0.4 is 0 Å². The molecule has 0 amide bonds. The molecule has 0 nitrogen and oxygen atoms in total. The number of hydrogen-bond donors (Lipinski definition) is 0. The van der Waals surface area contributed by atoms with Crippen LogP contribution >= 0.6 is 0 Å². The summed E-state index contributed by atoms with van der Waals surface area (Å²) in [5.74, 6) is -2.82. The summed E-state index contributed by atoms with van der Waals surface area (Å²) >= 11 is 0. The van der Waals surface area contributed by atoms with Crippen LogP contribution in [0.3, 0.4) is 0 Å². The van der Waals surface area contributed by atoms with Crippen molar-refractivity contribution in [2.24, 2.45) is 0 Å². The van der Waals surface area contributed by atoms with E-state index in [0.29, 0.717) is 17.5 Å². The van der Waals surface area contributed by atoms with E-state index in [0.717, 1.165) is 36.8 Å². The molecule has 0 aliphatic heterocycles. The van der Waals surface area contributed by atoms with Crippen molar-refractivity contribution < 1.29 is 30.7 Å². The first-order chi connectivity index (χ1) is 14.1. The number of alkyl halides is 3. The zero-order chi connectivity index (χ0) is 22.1. The van der Waals surface area contributed by atoms with Crippen LogP contribution in [0.5, 0.6) is 0 Å². The molecule has 0 fully saturated rings. The third-order valence-electron chi connectivity index (χ3n) is 4.57. The van der Waals surface area contributed by atoms with E-state index in [-0.39, 0.29) is 5.39 Å². The van der Waals surface area contributed by atoms with Gasteiger partial charge < -0.3 is 0 Å². The van der Waals surface area contributed by atoms with E-state index >= 15 is 4.39 Å². The van der Waals surface area contributed by atoms with Crippen LogP contribution in [0.25, 0.3) is 21.9 Å². The minimum atomic E-state index is -4.94. The van der Waals surface area contributed by atoms with Crippen LogP contribution in [0.1, 0.15) is 30.9 Å². The number of hydrogen-bond acceptors (Lipinski definition) is 0. The third-order valence-corrected chi connectivity index (χ3v) is 4.57. The smallest absolute Gasteiger partial charge is 0.206 e. The van der Waals surface area contributed by atoms with Gasteiger partial charge in [0, 0.05) is 11.3 Å². The van der Waals surface area contributed by atoms with Crippen LogP contribution in [-0.4, -0.2) is 6.18 Å². The molecule has 156 valence electrons. The molecule has 0 radical (unpaired) electrons. The van der Waals surface area contributed by atoms with Crippen molar-refractivity contribution in [2.45, 2.75) is 32.4 Å². The maximum absolute atomic E-state index is 15.0. The Balaban J connectivity index is 2.11. The standard InChI is InChI=1S/C23H15F7/c1-2-3-4-13-5-6-16-14(9-13)10-20(26)21(22(16)27)15-11-18(24)17(19(25)12-15)7-8-23(28,29)30/h5-6,9-12H,2-4H2,1H3. The summed E-state index contributed by atoms with van der Waals surface area (Å²) in [6.45, 7) is 2.02. The lowest BCUT2D eigenvalue weighted by molar-refractivity contribution is -0.0696. The highest BCUT2D eigenvalue weighted by Gasteiger charge is 2.24. The largest absolute Gasteiger partial charge is 0.458 e. The molecule has 0 unspecified atom stereocenters. The van der Waals surface area contributed by atoms with Crippen molar-refractivity contribution in [2.75, 3.05) is 0 Å². The molecule has 0 bridgehead atoms. The Morgan fingerprint density at radius 2 is 1.53 bits per heavy atom. The van der Waals surface area contributed by atoms with Gasteiger partial charge in [0.25, 0.3) is 0 Å². The van der Waals surface area contributed by atoms with Gasteiger partial charge in [-0.2, -0.15) is 13.2 Å². The summed E-state index contributed by atoms with van der Waals surface area (Å²) in [6, 6.07) is 7.00. The number of halogens is 7. The molecule has 0 saturated heterocycles. The molecular formula is C23H15F7. The van der Waals surface area contributed by atoms with Gasteiger partial charge in [-0.05, 0) is 47.6 Å². The SMILES string of the molecule is CCCCc1ccc2c(F)c(-c3cc(F)c(C#CC(F)(F)F)c(F)c3)c(F)cc2c1. The third kappa shape index (κ3) is 4.59. The van der Waals surface area contributed by atoms with Gasteiger partial charge in [-0.1, -0.05) is 37.5 Å². The predicted molar refractivity (Wildman–Crippen MR) is 101 cm³/mol. The Labute approximate surface area is 168 Å². The number of unbranched alkanes of at least 4 members (excludes halogenated alkanes) is 1. The van der Waals surface area contributed by atoms with Gasteiger partial charge in [0.2, 0.25) is 0 Å². The fraction of sp³-hybridized carbons (Fsp3) is 0.217. The molecule has 0 aliphatic rings. The lowest BCUT2D eigenvalue weighted by atomic mass is 9.96. The van der Waals surface area contributed by atoms with E-state index in [4.69, 9.17) is 0 Å². The van der Waals surface area contributed by atoms with Crippen LogP contribution in [0.4, 0.5) is 30.7 Å². The van der Waals surface area contributed by atoms with Crippen molar-refractivity contribution in [3.8, 4) is 23.0 Å². The summed E-state index contributed by atoms with van der Waals surface area (Å²) in [4.78, 5) is 0. The average molecular weight is 424 g/mol. The number of rotatable bonds is 4. The van der Waals surface area contributed by atoms with E-state index in [1.807, 2.05) is 6.92 Å². The van der Waals surface area contributed by atoms with Crippen molar-refractivity contribution in [3.05, 3.63) is 70.8 Å². The van der Waals surface area contributed by atoms with Gasteiger partial charge in [-0.3, -0.25) is 0 Å². The Hall–Kier alpha value is -3.01. The molecule has 3 aromatic rings. The molecule has 7 heteroatoms. The molecule has 0 saturated carbocycles. The summed E-state index contributed by atoms with van der Waals surface area (Å²) in [5, 5.41) is 0.365. The van der Waals surface area contributed by atoms with Gasteiger partial charge in [-0.25, -0.2) is 17.6 Å². The summed E-state index contributed by atoms with van der Waals surface area (Å²) in [5.41, 5.74) is -1.37. The number of benzene rings is 3. The maximum Gasteiger partial charge on any atom is 0.458 e. The van der Waals surface area contributed by atoms with Gasteiger partial charge in [-0.15, -0.1) is 0 Å². The van der Waals surface area contributed by atoms with Crippen molar-refractivity contribution in [3.63, 3.8) is 0 Å². The highest BCUT2D eigenvalue weighted by molar-refractivity contribution is 5.89. The number of aryl methyl sites for hydroxylation is 1. The predicted octanol–water partition coefficient (Wildman–Crippen LogP) is 7.32. The lowest BCUT2D eigenvalue weighted by Crippen LogP contribution is -2.03. The van der Waals surface area contributed by atoms with Crippen LogP contribution in [0.15, 0.2) is 36.4 Å². The minimum absolute atomic E-state index is 0.0633. The van der Waals surface area contributed by atoms with E-state index in [2.05, 4.69) is 0 Å². The second kappa shape index (κ2) is 8.39. The monoisotopic (exact) mass is 424 g/mol. The summed E-state index contributed by atoms with van der Waals surface area (Å²) < 4.78 is 94.5. The maximum atomic E-state index is 15.0. The normalized spacial score (nSPS) is 11.5. The molecular weight excluding hydrogens is 409 g/mol. The molecule has 0 aliphatic carbocycles. The van der Waals surface area contributed by atoms with Gasteiger partial charge in [0.15, 0.2) is 0 Å². The first-order valence-corrected chi connectivity index (χ1v) is 9.10. The zero-order valence-electron chi connectivity index (χ0n) is 15.7. The fourth-order valence-corrected chi connectivity index (χ4v) is 3.15. The van der Waals surface area contributed by atoms with Gasteiger partial charge >= 0.3 is 6.18 Å². The van der Waals surface area contributed by atoms with Crippen molar-refractivity contribution in [1.29, 1.82) is 0 Å². The van der Waals surface area contributed by atoms with E-state index in [9.17, 15) is 26.3 Å². The highest BCUT2D eigenvalue weighted by atomic mass is 19.4. The summed E-state index contributed by atoms with van der Waals surface area (Å²) in [6.07, 6.45) is -2.32. The Kier molecular flexibility index (Phi) is 6.06.